The van der Waals surface area contributed by atoms with Crippen LogP contribution in [0.5, 0.6) is 0 Å². The monoisotopic (exact) mass is 306 g/mol. The fourth-order valence-corrected chi connectivity index (χ4v) is 2.38. The number of nitro benzene ring substituents is 1. The molecular weight excluding hydrogens is 290 g/mol. The van der Waals surface area contributed by atoms with E-state index in [1.807, 2.05) is 6.26 Å². The fourth-order valence-electron chi connectivity index (χ4n) is 1.65. The normalized spacial score (nSPS) is 14.1. The van der Waals surface area contributed by atoms with E-state index in [0.29, 0.717) is 5.75 Å². The molecule has 5 nitrogen and oxygen atoms in total. The second kappa shape index (κ2) is 6.85. The molecule has 0 heterocycles. The van der Waals surface area contributed by atoms with E-state index in [-0.39, 0.29) is 17.9 Å². The summed E-state index contributed by atoms with van der Waals surface area (Å²) in [5.41, 5.74) is -1.80. The molecule has 0 radical (unpaired) electrons. The van der Waals surface area contributed by atoms with Crippen molar-refractivity contribution >= 4 is 23.1 Å². The van der Waals surface area contributed by atoms with Crippen LogP contribution in [0.4, 0.5) is 20.2 Å². The maximum absolute atomic E-state index is 12.9. The Balaban J connectivity index is 2.92. The van der Waals surface area contributed by atoms with Crippen LogP contribution in [0.15, 0.2) is 18.2 Å². The second-order valence-electron chi connectivity index (χ2n) is 4.61. The van der Waals surface area contributed by atoms with Crippen molar-refractivity contribution in [3.8, 4) is 0 Å². The molecule has 112 valence electrons. The van der Waals surface area contributed by atoms with Crippen LogP contribution in [-0.2, 0) is 0 Å². The highest BCUT2D eigenvalue weighted by atomic mass is 32.2. The maximum atomic E-state index is 12.9. The highest BCUT2D eigenvalue weighted by Gasteiger charge is 2.22. The van der Waals surface area contributed by atoms with Crippen molar-refractivity contribution in [2.45, 2.75) is 19.0 Å². The Morgan fingerprint density at radius 3 is 2.70 bits per heavy atom. The van der Waals surface area contributed by atoms with Gasteiger partial charge >= 0.3 is 0 Å². The number of aliphatic hydroxyl groups is 1. The van der Waals surface area contributed by atoms with Gasteiger partial charge < -0.3 is 10.4 Å². The van der Waals surface area contributed by atoms with Gasteiger partial charge in [0.2, 0.25) is 0 Å². The zero-order chi connectivity index (χ0) is 15.3. The van der Waals surface area contributed by atoms with Crippen LogP contribution in [0.3, 0.4) is 0 Å². The van der Waals surface area contributed by atoms with Crippen molar-refractivity contribution in [2.75, 3.05) is 23.9 Å². The number of non-ortho nitro benzene ring substituents is 1. The predicted molar refractivity (Wildman–Crippen MR) is 75.5 cm³/mol. The minimum absolute atomic E-state index is 0.0748. The van der Waals surface area contributed by atoms with E-state index in [1.165, 1.54) is 17.8 Å². The Bertz CT molecular complexity index is 484. The molecule has 20 heavy (non-hydrogen) atoms. The lowest BCUT2D eigenvalue weighted by molar-refractivity contribution is -0.385. The summed E-state index contributed by atoms with van der Waals surface area (Å²) in [7, 11) is 0. The van der Waals surface area contributed by atoms with Gasteiger partial charge in [-0.1, -0.05) is 0 Å². The second-order valence-corrected chi connectivity index (χ2v) is 5.48. The molecule has 2 N–H and O–H groups in total. The molecule has 0 aromatic heterocycles. The third kappa shape index (κ3) is 4.61. The highest BCUT2D eigenvalue weighted by Crippen LogP contribution is 2.31. The number of nitrogens with zero attached hydrogens (tertiary/aromatic N) is 1. The molecular formula is C12H16F2N2O3S. The SMILES string of the molecule is CSCC(C)(O)CNc1ccc([N+](=O)[O-])cc1C(F)F. The molecule has 0 aliphatic carbocycles. The van der Waals surface area contributed by atoms with Crippen molar-refractivity contribution in [3.63, 3.8) is 0 Å². The van der Waals surface area contributed by atoms with Crippen molar-refractivity contribution in [2.24, 2.45) is 0 Å². The molecule has 1 atom stereocenters. The highest BCUT2D eigenvalue weighted by molar-refractivity contribution is 7.98. The third-order valence-electron chi connectivity index (χ3n) is 2.60. The molecule has 0 amide bonds. The van der Waals surface area contributed by atoms with Gasteiger partial charge in [-0.25, -0.2) is 8.78 Å². The summed E-state index contributed by atoms with van der Waals surface area (Å²) < 4.78 is 25.8. The third-order valence-corrected chi connectivity index (χ3v) is 3.51. The van der Waals surface area contributed by atoms with Gasteiger partial charge in [0.25, 0.3) is 12.1 Å². The van der Waals surface area contributed by atoms with Crippen LogP contribution in [-0.4, -0.2) is 34.2 Å². The maximum Gasteiger partial charge on any atom is 0.270 e. The summed E-state index contributed by atoms with van der Waals surface area (Å²) >= 11 is 1.43. The number of anilines is 1. The van der Waals surface area contributed by atoms with Gasteiger partial charge in [-0.15, -0.1) is 0 Å². The van der Waals surface area contributed by atoms with Gasteiger partial charge in [0.05, 0.1) is 10.5 Å². The summed E-state index contributed by atoms with van der Waals surface area (Å²) in [6.07, 6.45) is -1.01. The van der Waals surface area contributed by atoms with Gasteiger partial charge in [-0.2, -0.15) is 11.8 Å². The number of nitro groups is 1. The van der Waals surface area contributed by atoms with Crippen LogP contribution >= 0.6 is 11.8 Å². The first-order valence-electron chi connectivity index (χ1n) is 5.78. The summed E-state index contributed by atoms with van der Waals surface area (Å²) in [4.78, 5) is 9.86. The van der Waals surface area contributed by atoms with Crippen molar-refractivity contribution in [1.82, 2.24) is 0 Å². The lowest BCUT2D eigenvalue weighted by Crippen LogP contribution is -2.36. The molecule has 0 saturated heterocycles. The van der Waals surface area contributed by atoms with Crippen LogP contribution in [0.2, 0.25) is 0 Å². The number of rotatable bonds is 7. The number of alkyl halides is 2. The first-order chi connectivity index (χ1) is 9.26. The van der Waals surface area contributed by atoms with E-state index >= 15 is 0 Å². The van der Waals surface area contributed by atoms with Crippen LogP contribution < -0.4 is 5.32 Å². The van der Waals surface area contributed by atoms with E-state index in [2.05, 4.69) is 5.32 Å². The lowest BCUT2D eigenvalue weighted by Gasteiger charge is -2.24. The zero-order valence-electron chi connectivity index (χ0n) is 11.1. The number of hydrogen-bond acceptors (Lipinski definition) is 5. The molecule has 1 unspecified atom stereocenters. The largest absolute Gasteiger partial charge is 0.387 e. The van der Waals surface area contributed by atoms with Crippen molar-refractivity contribution in [3.05, 3.63) is 33.9 Å². The topological polar surface area (TPSA) is 75.4 Å². The first-order valence-corrected chi connectivity index (χ1v) is 7.18. The van der Waals surface area contributed by atoms with Crippen LogP contribution in [0.25, 0.3) is 0 Å². The van der Waals surface area contributed by atoms with Crippen molar-refractivity contribution < 1.29 is 18.8 Å². The number of nitrogens with one attached hydrogen (secondary N) is 1. The summed E-state index contributed by atoms with van der Waals surface area (Å²) in [5.74, 6) is 0.441. The van der Waals surface area contributed by atoms with E-state index in [4.69, 9.17) is 0 Å². The minimum atomic E-state index is -2.83. The van der Waals surface area contributed by atoms with Gasteiger partial charge in [0.15, 0.2) is 0 Å². The molecule has 8 heteroatoms. The zero-order valence-corrected chi connectivity index (χ0v) is 11.9. The molecule has 1 aromatic rings. The van der Waals surface area contributed by atoms with E-state index < -0.39 is 22.5 Å². The Hall–Kier alpha value is -1.41. The average molecular weight is 306 g/mol. The average Bonchev–Trinajstić information content (AvgIpc) is 2.36. The number of hydrogen-bond donors (Lipinski definition) is 2. The van der Waals surface area contributed by atoms with Crippen molar-refractivity contribution in [1.29, 1.82) is 0 Å². The number of benzene rings is 1. The molecule has 0 aliphatic rings. The van der Waals surface area contributed by atoms with E-state index in [1.54, 1.807) is 6.92 Å². The van der Waals surface area contributed by atoms with Gasteiger partial charge in [0, 0.05) is 35.7 Å². The molecule has 0 spiro atoms. The standard InChI is InChI=1S/C12H16F2N2O3S/c1-12(17,7-20-2)6-15-10-4-3-8(16(18)19)5-9(10)11(13)14/h3-5,11,15,17H,6-7H2,1-2H3. The Morgan fingerprint density at radius 2 is 2.20 bits per heavy atom. The van der Waals surface area contributed by atoms with Gasteiger partial charge in [0.1, 0.15) is 0 Å². The Morgan fingerprint density at radius 1 is 1.55 bits per heavy atom. The Kier molecular flexibility index (Phi) is 5.70. The molecule has 1 aromatic carbocycles. The number of thioether (sulfide) groups is 1. The lowest BCUT2D eigenvalue weighted by atomic mass is 10.1. The summed E-state index contributed by atoms with van der Waals surface area (Å²) in [6.45, 7) is 1.66. The van der Waals surface area contributed by atoms with Crippen LogP contribution in [0.1, 0.15) is 18.9 Å². The number of halogens is 2. The quantitative estimate of drug-likeness (QED) is 0.598. The van der Waals surface area contributed by atoms with E-state index in [9.17, 15) is 24.0 Å². The van der Waals surface area contributed by atoms with E-state index in [0.717, 1.165) is 12.1 Å². The summed E-state index contributed by atoms with van der Waals surface area (Å²) in [6, 6.07) is 3.22. The predicted octanol–water partition coefficient (Wildman–Crippen LogP) is 3.06. The van der Waals surface area contributed by atoms with Gasteiger partial charge in [-0.3, -0.25) is 10.1 Å². The molecule has 0 saturated carbocycles. The Labute approximate surface area is 119 Å². The van der Waals surface area contributed by atoms with Crippen LogP contribution in [0, 0.1) is 10.1 Å². The summed E-state index contributed by atoms with van der Waals surface area (Å²) in [5, 5.41) is 23.3. The smallest absolute Gasteiger partial charge is 0.270 e. The van der Waals surface area contributed by atoms with Gasteiger partial charge in [-0.05, 0) is 19.2 Å². The molecule has 0 bridgehead atoms. The first kappa shape index (κ1) is 16.6. The minimum Gasteiger partial charge on any atom is -0.387 e. The molecule has 1 rings (SSSR count). The molecule has 0 fully saturated rings. The molecule has 0 aliphatic heterocycles. The fraction of sp³-hybridized carbons (Fsp3) is 0.500.